The first-order valence-corrected chi connectivity index (χ1v) is 10.9. The Bertz CT molecular complexity index is 1430. The molecule has 1 amide bonds. The number of para-hydroxylation sites is 1. The lowest BCUT2D eigenvalue weighted by Gasteiger charge is -2.14. The maximum absolute atomic E-state index is 12.6. The number of anilines is 1. The van der Waals surface area contributed by atoms with E-state index in [1.807, 2.05) is 19.1 Å². The lowest BCUT2D eigenvalue weighted by atomic mass is 10.1. The zero-order chi connectivity index (χ0) is 23.5. The lowest BCUT2D eigenvalue weighted by Crippen LogP contribution is -2.24. The second kappa shape index (κ2) is 9.21. The van der Waals surface area contributed by atoms with Crippen molar-refractivity contribution in [3.05, 3.63) is 79.9 Å². The molecular weight excluding hydrogens is 444 g/mol. The van der Waals surface area contributed by atoms with Crippen molar-refractivity contribution in [2.24, 2.45) is 0 Å². The standard InChI is InChI=1S/C23H20N4O5S/c1-14-11-21(29)26(22-17(14)7-4-8-19(22)32-2)10-9-20(28)25-23-24-18(13-33-23)15-5-3-6-16(12-15)27(30)31/h3-8,11-13H,9-10H2,1-2H3,(H,24,25,28). The Morgan fingerprint density at radius 2 is 2.03 bits per heavy atom. The fourth-order valence-corrected chi connectivity index (χ4v) is 4.33. The lowest BCUT2D eigenvalue weighted by molar-refractivity contribution is -0.384. The molecule has 4 rings (SSSR count). The van der Waals surface area contributed by atoms with Gasteiger partial charge in [0.25, 0.3) is 11.2 Å². The second-order valence-corrected chi connectivity index (χ2v) is 8.18. The van der Waals surface area contributed by atoms with E-state index in [4.69, 9.17) is 4.74 Å². The van der Waals surface area contributed by atoms with Crippen LogP contribution in [0.15, 0.2) is 58.7 Å². The summed E-state index contributed by atoms with van der Waals surface area (Å²) in [5.41, 5.74) is 2.37. The molecule has 0 aliphatic heterocycles. The average Bonchev–Trinajstić information content (AvgIpc) is 3.27. The summed E-state index contributed by atoms with van der Waals surface area (Å²) in [6, 6.07) is 13.2. The Hall–Kier alpha value is -4.05. The van der Waals surface area contributed by atoms with E-state index in [0.717, 1.165) is 10.9 Å². The highest BCUT2D eigenvalue weighted by atomic mass is 32.1. The molecule has 0 fully saturated rings. The smallest absolute Gasteiger partial charge is 0.270 e. The van der Waals surface area contributed by atoms with E-state index in [1.165, 1.54) is 28.0 Å². The van der Waals surface area contributed by atoms with Crippen molar-refractivity contribution in [3.8, 4) is 17.0 Å². The first-order chi connectivity index (χ1) is 15.9. The number of nitrogens with one attached hydrogen (secondary N) is 1. The predicted octanol–water partition coefficient (Wildman–Crippen LogP) is 4.38. The Morgan fingerprint density at radius 1 is 1.24 bits per heavy atom. The van der Waals surface area contributed by atoms with Crippen molar-refractivity contribution in [2.45, 2.75) is 19.9 Å². The molecule has 0 unspecified atom stereocenters. The van der Waals surface area contributed by atoms with E-state index >= 15 is 0 Å². The molecule has 0 aliphatic rings. The molecule has 33 heavy (non-hydrogen) atoms. The fourth-order valence-electron chi connectivity index (χ4n) is 3.59. The summed E-state index contributed by atoms with van der Waals surface area (Å²) in [6.07, 6.45) is 0.0574. The van der Waals surface area contributed by atoms with Gasteiger partial charge in [-0.3, -0.25) is 19.7 Å². The number of non-ortho nitro benzene ring substituents is 1. The third-order valence-corrected chi connectivity index (χ3v) is 5.94. The molecule has 0 radical (unpaired) electrons. The summed E-state index contributed by atoms with van der Waals surface area (Å²) >= 11 is 1.22. The zero-order valence-electron chi connectivity index (χ0n) is 17.9. The molecule has 0 bridgehead atoms. The van der Waals surface area contributed by atoms with Gasteiger partial charge in [0.05, 0.1) is 23.2 Å². The number of rotatable bonds is 7. The molecule has 4 aromatic rings. The van der Waals surface area contributed by atoms with Crippen LogP contribution in [-0.4, -0.2) is 27.5 Å². The number of aromatic nitrogens is 2. The molecular formula is C23H20N4O5S. The van der Waals surface area contributed by atoms with E-state index in [1.54, 1.807) is 36.8 Å². The number of hydrogen-bond donors (Lipinski definition) is 1. The highest BCUT2D eigenvalue weighted by Crippen LogP contribution is 2.28. The van der Waals surface area contributed by atoms with E-state index in [0.29, 0.717) is 27.7 Å². The number of carbonyl (C=O) groups is 1. The van der Waals surface area contributed by atoms with Crippen molar-refractivity contribution < 1.29 is 14.5 Å². The van der Waals surface area contributed by atoms with Crippen LogP contribution < -0.4 is 15.6 Å². The van der Waals surface area contributed by atoms with Gasteiger partial charge in [-0.1, -0.05) is 24.3 Å². The number of aryl methyl sites for hydroxylation is 2. The maximum Gasteiger partial charge on any atom is 0.270 e. The van der Waals surface area contributed by atoms with Gasteiger partial charge in [0, 0.05) is 47.5 Å². The number of methoxy groups -OCH3 is 1. The highest BCUT2D eigenvalue weighted by molar-refractivity contribution is 7.14. The molecule has 0 saturated carbocycles. The molecule has 0 atom stereocenters. The number of nitrogens with zero attached hydrogens (tertiary/aromatic N) is 3. The summed E-state index contributed by atoms with van der Waals surface area (Å²) in [5, 5.41) is 16.7. The van der Waals surface area contributed by atoms with Gasteiger partial charge in [0.15, 0.2) is 5.13 Å². The Labute approximate surface area is 192 Å². The van der Waals surface area contributed by atoms with Crippen LogP contribution in [0.3, 0.4) is 0 Å². The second-order valence-electron chi connectivity index (χ2n) is 7.32. The quantitative estimate of drug-likeness (QED) is 0.320. The monoisotopic (exact) mass is 464 g/mol. The molecule has 9 nitrogen and oxygen atoms in total. The van der Waals surface area contributed by atoms with E-state index in [-0.39, 0.29) is 30.1 Å². The summed E-state index contributed by atoms with van der Waals surface area (Å²) in [4.78, 5) is 40.1. The summed E-state index contributed by atoms with van der Waals surface area (Å²) in [6.45, 7) is 2.03. The van der Waals surface area contributed by atoms with Crippen LogP contribution in [0.25, 0.3) is 22.2 Å². The molecule has 168 valence electrons. The SMILES string of the molecule is COc1cccc2c(C)cc(=O)n(CCC(=O)Nc3nc(-c4cccc([N+](=O)[O-])c4)cs3)c12. The van der Waals surface area contributed by atoms with Crippen LogP contribution >= 0.6 is 11.3 Å². The van der Waals surface area contributed by atoms with Gasteiger partial charge in [0.2, 0.25) is 5.91 Å². The third-order valence-electron chi connectivity index (χ3n) is 5.19. The molecule has 0 saturated heterocycles. The first-order valence-electron chi connectivity index (χ1n) is 10.0. The summed E-state index contributed by atoms with van der Waals surface area (Å²) < 4.78 is 6.98. The number of benzene rings is 2. The first kappa shape index (κ1) is 22.2. The van der Waals surface area contributed by atoms with Gasteiger partial charge >= 0.3 is 0 Å². The van der Waals surface area contributed by atoms with Crippen molar-refractivity contribution in [1.82, 2.24) is 9.55 Å². The predicted molar refractivity (Wildman–Crippen MR) is 127 cm³/mol. The number of nitro benzene ring substituents is 1. The Balaban J connectivity index is 1.50. The van der Waals surface area contributed by atoms with Crippen LogP contribution in [0.2, 0.25) is 0 Å². The van der Waals surface area contributed by atoms with E-state index < -0.39 is 4.92 Å². The van der Waals surface area contributed by atoms with E-state index in [9.17, 15) is 19.7 Å². The molecule has 0 aliphatic carbocycles. The van der Waals surface area contributed by atoms with Crippen molar-refractivity contribution >= 4 is 39.0 Å². The number of ether oxygens (including phenoxy) is 1. The minimum atomic E-state index is -0.468. The number of hydrogen-bond acceptors (Lipinski definition) is 7. The average molecular weight is 465 g/mol. The highest BCUT2D eigenvalue weighted by Gasteiger charge is 2.14. The number of pyridine rings is 1. The minimum absolute atomic E-state index is 0.0303. The molecule has 2 aromatic heterocycles. The van der Waals surface area contributed by atoms with Crippen LogP contribution in [0.5, 0.6) is 5.75 Å². The van der Waals surface area contributed by atoms with E-state index in [2.05, 4.69) is 10.3 Å². The van der Waals surface area contributed by atoms with Gasteiger partial charge in [-0.05, 0) is 18.6 Å². The Morgan fingerprint density at radius 3 is 2.79 bits per heavy atom. The van der Waals surface area contributed by atoms with Gasteiger partial charge in [0.1, 0.15) is 5.75 Å². The number of carbonyl (C=O) groups excluding carboxylic acids is 1. The largest absolute Gasteiger partial charge is 0.495 e. The van der Waals surface area contributed by atoms with Gasteiger partial charge in [-0.2, -0.15) is 0 Å². The fraction of sp³-hybridized carbons (Fsp3) is 0.174. The number of amides is 1. The van der Waals surface area contributed by atoms with Crippen LogP contribution in [-0.2, 0) is 11.3 Å². The van der Waals surface area contributed by atoms with Crippen molar-refractivity contribution in [1.29, 1.82) is 0 Å². The molecule has 10 heteroatoms. The Kier molecular flexibility index (Phi) is 6.18. The van der Waals surface area contributed by atoms with Crippen LogP contribution in [0.4, 0.5) is 10.8 Å². The molecule has 1 N–H and O–H groups in total. The van der Waals surface area contributed by atoms with Gasteiger partial charge < -0.3 is 14.6 Å². The third kappa shape index (κ3) is 4.60. The molecule has 2 aromatic carbocycles. The van der Waals surface area contributed by atoms with Gasteiger partial charge in [-0.15, -0.1) is 11.3 Å². The number of nitro groups is 1. The maximum atomic E-state index is 12.6. The van der Waals surface area contributed by atoms with Crippen molar-refractivity contribution in [2.75, 3.05) is 12.4 Å². The molecule has 2 heterocycles. The van der Waals surface area contributed by atoms with Crippen LogP contribution in [0.1, 0.15) is 12.0 Å². The molecule has 0 spiro atoms. The number of thiazole rings is 1. The topological polar surface area (TPSA) is 116 Å². The van der Waals surface area contributed by atoms with Crippen LogP contribution in [0, 0.1) is 17.0 Å². The zero-order valence-corrected chi connectivity index (χ0v) is 18.7. The minimum Gasteiger partial charge on any atom is -0.495 e. The van der Waals surface area contributed by atoms with Crippen molar-refractivity contribution in [3.63, 3.8) is 0 Å². The summed E-state index contributed by atoms with van der Waals surface area (Å²) in [7, 11) is 1.54. The summed E-state index contributed by atoms with van der Waals surface area (Å²) in [5.74, 6) is 0.265. The van der Waals surface area contributed by atoms with Gasteiger partial charge in [-0.25, -0.2) is 4.98 Å². The normalized spacial score (nSPS) is 10.8. The number of fused-ring (bicyclic) bond motifs is 1.